The second-order valence-corrected chi connectivity index (χ2v) is 8.09. The molecule has 1 atom stereocenters. The number of rotatable bonds is 10. The van der Waals surface area contributed by atoms with Gasteiger partial charge in [0.15, 0.2) is 11.5 Å². The molecule has 1 aromatic carbocycles. The molecule has 6 nitrogen and oxygen atoms in total. The summed E-state index contributed by atoms with van der Waals surface area (Å²) in [5, 5.41) is 12.4. The third-order valence-electron chi connectivity index (χ3n) is 4.27. The summed E-state index contributed by atoms with van der Waals surface area (Å²) in [4.78, 5) is 24.6. The number of aromatic hydroxyl groups is 1. The topological polar surface area (TPSA) is 84.9 Å². The molecule has 0 aromatic heterocycles. The van der Waals surface area contributed by atoms with Crippen LogP contribution >= 0.6 is 0 Å². The maximum Gasteiger partial charge on any atom is 0.329 e. The zero-order valence-corrected chi connectivity index (χ0v) is 19.0. The molecule has 0 bridgehead atoms. The Morgan fingerprint density at radius 1 is 1.23 bits per heavy atom. The number of hydrogen-bond acceptors (Lipinski definition) is 5. The summed E-state index contributed by atoms with van der Waals surface area (Å²) in [6.45, 7) is 11.3. The van der Waals surface area contributed by atoms with E-state index < -0.39 is 17.4 Å². The van der Waals surface area contributed by atoms with Gasteiger partial charge in [-0.3, -0.25) is 4.79 Å². The Morgan fingerprint density at radius 3 is 2.52 bits per heavy atom. The lowest BCUT2D eigenvalue weighted by Gasteiger charge is -2.29. The third-order valence-corrected chi connectivity index (χ3v) is 4.27. The fourth-order valence-corrected chi connectivity index (χ4v) is 2.59. The van der Waals surface area contributed by atoms with Crippen molar-refractivity contribution in [3.63, 3.8) is 0 Å². The van der Waals surface area contributed by atoms with Gasteiger partial charge in [0.1, 0.15) is 6.04 Å². The number of ether oxygens (including phenoxy) is 2. The molecule has 1 rings (SSSR count). The van der Waals surface area contributed by atoms with Gasteiger partial charge in [0.25, 0.3) is 0 Å². The number of methoxy groups -OCH3 is 1. The molecule has 2 N–H and O–H groups in total. The van der Waals surface area contributed by atoms with Crippen molar-refractivity contribution in [3.05, 3.63) is 66.3 Å². The van der Waals surface area contributed by atoms with Gasteiger partial charge in [-0.15, -0.1) is 6.58 Å². The number of carbonyl (C=O) groups excluding carboxylic acids is 2. The zero-order valence-electron chi connectivity index (χ0n) is 19.0. The normalized spacial score (nSPS) is 13.3. The number of phenolic OH excluding ortho intramolecular Hbond substituents is 1. The van der Waals surface area contributed by atoms with Crippen molar-refractivity contribution in [1.29, 1.82) is 0 Å². The van der Waals surface area contributed by atoms with Crippen molar-refractivity contribution in [1.82, 2.24) is 5.32 Å². The Bertz CT molecular complexity index is 859. The van der Waals surface area contributed by atoms with E-state index in [1.165, 1.54) is 13.2 Å². The van der Waals surface area contributed by atoms with Gasteiger partial charge in [-0.25, -0.2) is 4.79 Å². The average molecular weight is 428 g/mol. The molecule has 0 radical (unpaired) electrons. The standard InChI is InChI=1S/C25H33NO5/c1-7-8-15-31-24(29)23(25(3,4)5)26-22(28)12-10-9-11-18(2)16-19-13-14-20(27)21(17-19)30-6/h7,9-14,16-17,23,27H,1,8,15H2,2-6H3,(H,26,28)/b11-9-,12-10-,18-16+/t23-/m1/s1. The highest BCUT2D eigenvalue weighted by Gasteiger charge is 2.33. The molecule has 0 fully saturated rings. The first-order valence-electron chi connectivity index (χ1n) is 10.1. The van der Waals surface area contributed by atoms with Gasteiger partial charge in [0, 0.05) is 6.08 Å². The highest BCUT2D eigenvalue weighted by Crippen LogP contribution is 2.27. The van der Waals surface area contributed by atoms with Crippen LogP contribution in [0.15, 0.2) is 60.7 Å². The van der Waals surface area contributed by atoms with Crippen LogP contribution in [0, 0.1) is 5.41 Å². The number of nitrogens with one attached hydrogen (secondary N) is 1. The summed E-state index contributed by atoms with van der Waals surface area (Å²) in [5.41, 5.74) is 1.33. The van der Waals surface area contributed by atoms with Crippen LogP contribution in [0.2, 0.25) is 0 Å². The van der Waals surface area contributed by atoms with Crippen molar-refractivity contribution >= 4 is 18.0 Å². The molecule has 0 unspecified atom stereocenters. The van der Waals surface area contributed by atoms with Crippen LogP contribution in [0.4, 0.5) is 0 Å². The molecule has 1 aromatic rings. The van der Waals surface area contributed by atoms with E-state index in [0.717, 1.165) is 11.1 Å². The van der Waals surface area contributed by atoms with Gasteiger partial charge in [-0.1, -0.05) is 62.8 Å². The summed E-state index contributed by atoms with van der Waals surface area (Å²) in [6, 6.07) is 4.32. The Hall–Kier alpha value is -3.28. The quantitative estimate of drug-likeness (QED) is 0.188. The van der Waals surface area contributed by atoms with Crippen molar-refractivity contribution in [2.45, 2.75) is 40.2 Å². The smallest absolute Gasteiger partial charge is 0.329 e. The van der Waals surface area contributed by atoms with E-state index in [1.54, 1.807) is 36.4 Å². The Morgan fingerprint density at radius 2 is 1.90 bits per heavy atom. The van der Waals surface area contributed by atoms with Gasteiger partial charge in [-0.2, -0.15) is 0 Å². The lowest BCUT2D eigenvalue weighted by molar-refractivity contribution is -0.150. The van der Waals surface area contributed by atoms with E-state index in [1.807, 2.05) is 39.8 Å². The SMILES string of the molecule is C=CCCOC(=O)[C@@H](NC(=O)\C=C/C=C\C(C)=C\c1ccc(O)c(OC)c1)C(C)(C)C. The molecule has 6 heteroatoms. The van der Waals surface area contributed by atoms with Gasteiger partial charge in [0.05, 0.1) is 13.7 Å². The number of benzene rings is 1. The first-order chi connectivity index (χ1) is 14.6. The van der Waals surface area contributed by atoms with Crippen LogP contribution in [0.25, 0.3) is 6.08 Å². The molecule has 0 heterocycles. The molecule has 0 aliphatic rings. The number of esters is 1. The van der Waals surface area contributed by atoms with Crippen LogP contribution < -0.4 is 10.1 Å². The van der Waals surface area contributed by atoms with Gasteiger partial charge in [-0.05, 0) is 36.5 Å². The van der Waals surface area contributed by atoms with Crippen molar-refractivity contribution in [3.8, 4) is 11.5 Å². The first-order valence-corrected chi connectivity index (χ1v) is 10.1. The molecule has 0 saturated carbocycles. The molecule has 0 saturated heterocycles. The second-order valence-electron chi connectivity index (χ2n) is 8.09. The Labute approximate surface area is 185 Å². The van der Waals surface area contributed by atoms with Crippen molar-refractivity contribution < 1.29 is 24.2 Å². The number of hydrogen-bond donors (Lipinski definition) is 2. The predicted octanol–water partition coefficient (Wildman–Crippen LogP) is 4.57. The van der Waals surface area contributed by atoms with Gasteiger partial charge in [0.2, 0.25) is 5.91 Å². The first kappa shape index (κ1) is 25.8. The lowest BCUT2D eigenvalue weighted by Crippen LogP contribution is -2.49. The molecule has 0 aliphatic carbocycles. The fraction of sp³-hybridized carbons (Fsp3) is 0.360. The predicted molar refractivity (Wildman–Crippen MR) is 124 cm³/mol. The molecular weight excluding hydrogens is 394 g/mol. The molecule has 168 valence electrons. The lowest BCUT2D eigenvalue weighted by atomic mass is 9.86. The van der Waals surface area contributed by atoms with E-state index >= 15 is 0 Å². The van der Waals surface area contributed by atoms with E-state index in [-0.39, 0.29) is 18.3 Å². The van der Waals surface area contributed by atoms with E-state index in [9.17, 15) is 14.7 Å². The highest BCUT2D eigenvalue weighted by atomic mass is 16.5. The summed E-state index contributed by atoms with van der Waals surface area (Å²) < 4.78 is 10.3. The maximum absolute atomic E-state index is 12.3. The third kappa shape index (κ3) is 9.38. The number of amides is 1. The number of carbonyl (C=O) groups is 2. The zero-order chi connectivity index (χ0) is 23.4. The van der Waals surface area contributed by atoms with Gasteiger partial charge >= 0.3 is 5.97 Å². The molecule has 31 heavy (non-hydrogen) atoms. The minimum atomic E-state index is -0.760. The Kier molecular flexibility index (Phi) is 10.3. The minimum Gasteiger partial charge on any atom is -0.504 e. The average Bonchev–Trinajstić information content (AvgIpc) is 2.70. The summed E-state index contributed by atoms with van der Waals surface area (Å²) in [7, 11) is 1.50. The van der Waals surface area contributed by atoms with Gasteiger partial charge < -0.3 is 19.9 Å². The van der Waals surface area contributed by atoms with Crippen LogP contribution in [0.5, 0.6) is 11.5 Å². The van der Waals surface area contributed by atoms with Crippen LogP contribution in [0.3, 0.4) is 0 Å². The van der Waals surface area contributed by atoms with Crippen molar-refractivity contribution in [2.75, 3.05) is 13.7 Å². The van der Waals surface area contributed by atoms with E-state index in [4.69, 9.17) is 9.47 Å². The van der Waals surface area contributed by atoms with Crippen LogP contribution in [0.1, 0.15) is 39.7 Å². The molecule has 0 spiro atoms. The minimum absolute atomic E-state index is 0.0833. The van der Waals surface area contributed by atoms with Crippen molar-refractivity contribution in [2.24, 2.45) is 5.41 Å². The summed E-state index contributed by atoms with van der Waals surface area (Å²) in [6.07, 6.45) is 10.7. The highest BCUT2D eigenvalue weighted by molar-refractivity contribution is 5.92. The molecule has 1 amide bonds. The monoisotopic (exact) mass is 427 g/mol. The molecular formula is C25H33NO5. The van der Waals surface area contributed by atoms with E-state index in [2.05, 4.69) is 11.9 Å². The van der Waals surface area contributed by atoms with E-state index in [0.29, 0.717) is 12.2 Å². The molecule has 0 aliphatic heterocycles. The summed E-state index contributed by atoms with van der Waals surface area (Å²) >= 11 is 0. The number of allylic oxidation sites excluding steroid dienone is 4. The Balaban J connectivity index is 2.72. The van der Waals surface area contributed by atoms with Crippen LogP contribution in [-0.4, -0.2) is 36.7 Å². The largest absolute Gasteiger partial charge is 0.504 e. The number of phenols is 1. The second kappa shape index (κ2) is 12.4. The fourth-order valence-electron chi connectivity index (χ4n) is 2.59. The maximum atomic E-state index is 12.3. The summed E-state index contributed by atoms with van der Waals surface area (Å²) in [5.74, 6) is -0.358. The van der Waals surface area contributed by atoms with Crippen LogP contribution in [-0.2, 0) is 14.3 Å².